The van der Waals surface area contributed by atoms with Crippen LogP contribution in [0.5, 0.6) is 0 Å². The minimum Gasteiger partial charge on any atom is -0.481 e. The molecular formula is C34H57N3O4S. The third kappa shape index (κ3) is 13.1. The van der Waals surface area contributed by atoms with Crippen molar-refractivity contribution < 1.29 is 19.5 Å². The molecule has 1 unspecified atom stereocenters. The average molecular weight is 604 g/mol. The molecule has 0 spiro atoms. The first-order valence-corrected chi connectivity index (χ1v) is 18.2. The maximum absolute atomic E-state index is 12.4. The Morgan fingerprint density at radius 2 is 1.14 bits per heavy atom. The second kappa shape index (κ2) is 19.3. The number of allylic oxidation sites excluding steroid dienone is 1. The Bertz CT molecular complexity index is 922. The van der Waals surface area contributed by atoms with Gasteiger partial charge in [0.15, 0.2) is 0 Å². The number of carbonyl (C=O) groups is 3. The SMILES string of the molecule is CCCCCCCCCCCCCCCCCCSCC(C)C(=O)O.O=C1C=C(N2CC2)C(=O)C(N2CC2)=C1N1CC1. The van der Waals surface area contributed by atoms with Crippen molar-refractivity contribution in [1.29, 1.82) is 0 Å². The van der Waals surface area contributed by atoms with Crippen molar-refractivity contribution in [3.8, 4) is 0 Å². The fraction of sp³-hybridized carbons (Fsp3) is 0.794. The molecular weight excluding hydrogens is 546 g/mol. The van der Waals surface area contributed by atoms with Gasteiger partial charge in [0.05, 0.1) is 11.6 Å². The van der Waals surface area contributed by atoms with Crippen molar-refractivity contribution in [2.45, 2.75) is 117 Å². The van der Waals surface area contributed by atoms with Crippen LogP contribution in [0.25, 0.3) is 0 Å². The number of carboxylic acids is 1. The minimum absolute atomic E-state index is 0.00546. The Kier molecular flexibility index (Phi) is 15.9. The van der Waals surface area contributed by atoms with E-state index in [1.54, 1.807) is 18.7 Å². The monoisotopic (exact) mass is 603 g/mol. The second-order valence-electron chi connectivity index (χ2n) is 12.5. The summed E-state index contributed by atoms with van der Waals surface area (Å²) in [6, 6.07) is 0. The molecule has 3 fully saturated rings. The van der Waals surface area contributed by atoms with E-state index in [2.05, 4.69) is 6.92 Å². The van der Waals surface area contributed by atoms with Crippen LogP contribution < -0.4 is 0 Å². The zero-order valence-electron chi connectivity index (χ0n) is 26.5. The summed E-state index contributed by atoms with van der Waals surface area (Å²) < 4.78 is 0. The van der Waals surface area contributed by atoms with E-state index in [0.29, 0.717) is 17.1 Å². The molecule has 0 aromatic heterocycles. The Morgan fingerprint density at radius 1 is 0.714 bits per heavy atom. The van der Waals surface area contributed by atoms with E-state index in [1.165, 1.54) is 109 Å². The van der Waals surface area contributed by atoms with Crippen LogP contribution >= 0.6 is 11.8 Å². The highest BCUT2D eigenvalue weighted by Gasteiger charge is 2.43. The maximum atomic E-state index is 12.4. The fourth-order valence-corrected chi connectivity index (χ4v) is 6.43. The molecule has 4 rings (SSSR count). The fourth-order valence-electron chi connectivity index (χ4n) is 5.36. The molecule has 1 aliphatic carbocycles. The molecule has 0 saturated carbocycles. The van der Waals surface area contributed by atoms with E-state index < -0.39 is 5.97 Å². The molecule has 4 aliphatic rings. The third-order valence-electron chi connectivity index (χ3n) is 8.42. The number of carboxylic acid groups (broad SMARTS) is 1. The van der Waals surface area contributed by atoms with Crippen molar-refractivity contribution in [3.63, 3.8) is 0 Å². The van der Waals surface area contributed by atoms with Crippen LogP contribution in [0.4, 0.5) is 0 Å². The van der Waals surface area contributed by atoms with E-state index in [4.69, 9.17) is 5.11 Å². The number of hydrogen-bond donors (Lipinski definition) is 1. The minimum atomic E-state index is -0.667. The lowest BCUT2D eigenvalue weighted by atomic mass is 10.0. The van der Waals surface area contributed by atoms with Crippen molar-refractivity contribution in [1.82, 2.24) is 14.7 Å². The summed E-state index contributed by atoms with van der Waals surface area (Å²) in [6.45, 7) is 9.48. The summed E-state index contributed by atoms with van der Waals surface area (Å²) in [5.41, 5.74) is 1.89. The van der Waals surface area contributed by atoms with Gasteiger partial charge in [-0.1, -0.05) is 110 Å². The van der Waals surface area contributed by atoms with Crippen molar-refractivity contribution in [3.05, 3.63) is 23.2 Å². The normalized spacial score (nSPS) is 18.1. The molecule has 0 aromatic rings. The Hall–Kier alpha value is -1.96. The van der Waals surface area contributed by atoms with Crippen LogP contribution in [-0.4, -0.2) is 88.1 Å². The summed E-state index contributed by atoms with van der Waals surface area (Å²) in [5, 5.41) is 8.81. The number of rotatable bonds is 23. The van der Waals surface area contributed by atoms with Gasteiger partial charge >= 0.3 is 5.97 Å². The number of unbranched alkanes of at least 4 members (excludes halogenated alkanes) is 15. The number of nitrogens with zero attached hydrogens (tertiary/aromatic N) is 3. The van der Waals surface area contributed by atoms with Gasteiger partial charge in [-0.2, -0.15) is 11.8 Å². The van der Waals surface area contributed by atoms with Gasteiger partial charge in [0.1, 0.15) is 11.4 Å². The standard InChI is InChI=1S/C22H44O2S.C12H13N3O2/c1-3-4-5-6-7-8-9-10-11-12-13-14-15-16-17-18-19-25-20-21(2)22(23)24;16-9-7-8(13-1-2-13)12(17)11(15-5-6-15)10(9)14-3-4-14/h21H,3-20H2,1-2H3,(H,23,24);7H,1-6H2. The van der Waals surface area contributed by atoms with Gasteiger partial charge in [-0.15, -0.1) is 0 Å². The van der Waals surface area contributed by atoms with Gasteiger partial charge in [-0.25, -0.2) is 0 Å². The van der Waals surface area contributed by atoms with Crippen molar-refractivity contribution in [2.24, 2.45) is 5.92 Å². The average Bonchev–Trinajstić information content (AvgIpc) is 3.82. The summed E-state index contributed by atoms with van der Waals surface area (Å²) in [4.78, 5) is 41.2. The number of carbonyl (C=O) groups excluding carboxylic acids is 2. The lowest BCUT2D eigenvalue weighted by Gasteiger charge is -2.21. The van der Waals surface area contributed by atoms with Crippen LogP contribution in [0, 0.1) is 5.92 Å². The molecule has 3 saturated heterocycles. The lowest BCUT2D eigenvalue weighted by molar-refractivity contribution is -0.140. The van der Waals surface area contributed by atoms with Gasteiger partial charge in [0, 0.05) is 51.1 Å². The highest BCUT2D eigenvalue weighted by Crippen LogP contribution is 2.34. The molecule has 3 aliphatic heterocycles. The number of hydrogen-bond acceptors (Lipinski definition) is 7. The molecule has 0 amide bonds. The summed E-state index contributed by atoms with van der Waals surface area (Å²) in [5.74, 6) is 1.06. The van der Waals surface area contributed by atoms with Crippen molar-refractivity contribution in [2.75, 3.05) is 50.8 Å². The molecule has 8 heteroatoms. The highest BCUT2D eigenvalue weighted by atomic mass is 32.2. The quantitative estimate of drug-likeness (QED) is 0.0769. The van der Waals surface area contributed by atoms with Crippen LogP contribution in [0.2, 0.25) is 0 Å². The van der Waals surface area contributed by atoms with E-state index in [0.717, 1.165) is 50.8 Å². The molecule has 1 atom stereocenters. The predicted molar refractivity (Wildman–Crippen MR) is 174 cm³/mol. The number of Topliss-reactive ketones (excluding diaryl/α,β-unsaturated/α-hetero) is 1. The molecule has 42 heavy (non-hydrogen) atoms. The van der Waals surface area contributed by atoms with Gasteiger partial charge in [0.25, 0.3) is 0 Å². The smallest absolute Gasteiger partial charge is 0.307 e. The first kappa shape index (κ1) is 34.5. The number of aliphatic carboxylic acids is 1. The summed E-state index contributed by atoms with van der Waals surface area (Å²) in [6.07, 6.45) is 24.0. The van der Waals surface area contributed by atoms with Crippen LogP contribution in [0.15, 0.2) is 23.2 Å². The van der Waals surface area contributed by atoms with Crippen LogP contribution in [0.1, 0.15) is 117 Å². The Balaban J connectivity index is 0.000000243. The topological polar surface area (TPSA) is 80.5 Å². The van der Waals surface area contributed by atoms with Gasteiger partial charge in [-0.3, -0.25) is 14.4 Å². The Labute approximate surface area is 259 Å². The summed E-state index contributed by atoms with van der Waals surface area (Å²) in [7, 11) is 0. The molecule has 0 radical (unpaired) electrons. The van der Waals surface area contributed by atoms with E-state index in [9.17, 15) is 14.4 Å². The van der Waals surface area contributed by atoms with Crippen molar-refractivity contribution >= 4 is 29.3 Å². The first-order chi connectivity index (χ1) is 20.4. The number of ketones is 2. The third-order valence-corrected chi connectivity index (χ3v) is 9.73. The zero-order valence-corrected chi connectivity index (χ0v) is 27.4. The zero-order chi connectivity index (χ0) is 30.2. The van der Waals surface area contributed by atoms with E-state index in [1.807, 2.05) is 14.7 Å². The van der Waals surface area contributed by atoms with E-state index >= 15 is 0 Å². The van der Waals surface area contributed by atoms with Crippen LogP contribution in [0.3, 0.4) is 0 Å². The second-order valence-corrected chi connectivity index (χ2v) is 13.6. The summed E-state index contributed by atoms with van der Waals surface area (Å²) >= 11 is 1.80. The molecule has 1 N–H and O–H groups in total. The van der Waals surface area contributed by atoms with Gasteiger partial charge in [0.2, 0.25) is 11.6 Å². The van der Waals surface area contributed by atoms with Gasteiger partial charge in [-0.05, 0) is 12.2 Å². The van der Waals surface area contributed by atoms with Crippen LogP contribution in [-0.2, 0) is 14.4 Å². The number of thioether (sulfide) groups is 1. The largest absolute Gasteiger partial charge is 0.481 e. The molecule has 3 heterocycles. The maximum Gasteiger partial charge on any atom is 0.307 e. The first-order valence-electron chi connectivity index (χ1n) is 17.0. The molecule has 238 valence electrons. The van der Waals surface area contributed by atoms with Gasteiger partial charge < -0.3 is 19.8 Å². The molecule has 7 nitrogen and oxygen atoms in total. The predicted octanol–water partition coefficient (Wildman–Crippen LogP) is 6.88. The molecule has 0 bridgehead atoms. The highest BCUT2D eigenvalue weighted by molar-refractivity contribution is 7.99. The Morgan fingerprint density at radius 3 is 1.57 bits per heavy atom. The lowest BCUT2D eigenvalue weighted by Crippen LogP contribution is -2.29. The van der Waals surface area contributed by atoms with E-state index in [-0.39, 0.29) is 17.5 Å². The molecule has 0 aromatic carbocycles.